The fraction of sp³-hybridized carbons (Fsp3) is 0.200. The maximum atomic E-state index is 11.4. The monoisotopic (exact) mass is 375 g/mol. The van der Waals surface area contributed by atoms with Gasteiger partial charge >= 0.3 is 11.9 Å². The number of aromatic nitrogens is 3. The number of hydrogen-bond donors (Lipinski definition) is 0. The van der Waals surface area contributed by atoms with Gasteiger partial charge in [-0.3, -0.25) is 4.98 Å². The lowest BCUT2D eigenvalue weighted by atomic mass is 10.3. The number of hydrogen-bond acceptors (Lipinski definition) is 6. The average Bonchev–Trinajstić information content (AvgIpc) is 2.78. The summed E-state index contributed by atoms with van der Waals surface area (Å²) < 4.78 is 11.1. The topological polar surface area (TPSA) is 78.1 Å². The molecule has 0 N–H and O–H groups in total. The van der Waals surface area contributed by atoms with Crippen LogP contribution in [0.1, 0.15) is 17.6 Å². The first-order valence-corrected chi connectivity index (χ1v) is 6.52. The van der Waals surface area contributed by atoms with E-state index in [1.807, 2.05) is 0 Å². The SMILES string of the molecule is CCOC(=O)c1nc(-c2ncc(Br)cc2Br)no1. The van der Waals surface area contributed by atoms with E-state index < -0.39 is 5.97 Å². The normalized spacial score (nSPS) is 10.4. The van der Waals surface area contributed by atoms with Crippen LogP contribution in [0.4, 0.5) is 0 Å². The number of halogens is 2. The Hall–Kier alpha value is -1.28. The maximum absolute atomic E-state index is 11.4. The van der Waals surface area contributed by atoms with Gasteiger partial charge in [0.05, 0.1) is 6.61 Å². The zero-order chi connectivity index (χ0) is 13.1. The quantitative estimate of drug-likeness (QED) is 0.766. The first kappa shape index (κ1) is 13.2. The molecule has 8 heteroatoms. The lowest BCUT2D eigenvalue weighted by molar-refractivity contribution is 0.0470. The lowest BCUT2D eigenvalue weighted by Crippen LogP contribution is -2.04. The molecule has 0 amide bonds. The van der Waals surface area contributed by atoms with Gasteiger partial charge in [0.1, 0.15) is 5.69 Å². The molecule has 2 aromatic heterocycles. The van der Waals surface area contributed by atoms with Crippen molar-refractivity contribution in [1.82, 2.24) is 15.1 Å². The van der Waals surface area contributed by atoms with Crippen molar-refractivity contribution in [1.29, 1.82) is 0 Å². The molecule has 0 saturated carbocycles. The average molecular weight is 377 g/mol. The molecule has 94 valence electrons. The molecule has 2 heterocycles. The predicted octanol–water partition coefficient (Wildman–Crippen LogP) is 2.83. The second-order valence-corrected chi connectivity index (χ2v) is 4.90. The number of carbonyl (C=O) groups is 1. The molecule has 0 atom stereocenters. The van der Waals surface area contributed by atoms with Crippen LogP contribution in [0.2, 0.25) is 0 Å². The van der Waals surface area contributed by atoms with Crippen molar-refractivity contribution in [2.24, 2.45) is 0 Å². The molecule has 0 aliphatic carbocycles. The maximum Gasteiger partial charge on any atom is 0.397 e. The number of pyridine rings is 1. The van der Waals surface area contributed by atoms with E-state index in [-0.39, 0.29) is 18.3 Å². The molecule has 0 aliphatic heterocycles. The summed E-state index contributed by atoms with van der Waals surface area (Å²) in [5.41, 5.74) is 0.484. The smallest absolute Gasteiger partial charge is 0.397 e. The van der Waals surface area contributed by atoms with Gasteiger partial charge in [-0.25, -0.2) is 4.79 Å². The van der Waals surface area contributed by atoms with Gasteiger partial charge in [0.25, 0.3) is 0 Å². The summed E-state index contributed by atoms with van der Waals surface area (Å²) in [5, 5.41) is 3.69. The summed E-state index contributed by atoms with van der Waals surface area (Å²) in [7, 11) is 0. The van der Waals surface area contributed by atoms with Crippen LogP contribution in [0.25, 0.3) is 11.5 Å². The van der Waals surface area contributed by atoms with Gasteiger partial charge in [-0.2, -0.15) is 4.98 Å². The van der Waals surface area contributed by atoms with Crippen LogP contribution >= 0.6 is 31.9 Å². The minimum absolute atomic E-state index is 0.191. The molecule has 2 aromatic rings. The Balaban J connectivity index is 2.32. The van der Waals surface area contributed by atoms with E-state index in [1.165, 1.54) is 0 Å². The summed E-state index contributed by atoms with van der Waals surface area (Å²) in [5.74, 6) is -0.620. The number of esters is 1. The minimum atomic E-state index is -0.649. The van der Waals surface area contributed by atoms with E-state index in [0.29, 0.717) is 10.2 Å². The third kappa shape index (κ3) is 2.75. The van der Waals surface area contributed by atoms with Crippen molar-refractivity contribution in [3.8, 4) is 11.5 Å². The number of carbonyl (C=O) groups excluding carboxylic acids is 1. The highest BCUT2D eigenvalue weighted by Gasteiger charge is 2.19. The molecular formula is C10H7Br2N3O3. The number of rotatable bonds is 3. The Morgan fingerprint density at radius 2 is 2.28 bits per heavy atom. The van der Waals surface area contributed by atoms with Gasteiger partial charge in [-0.1, -0.05) is 5.16 Å². The van der Waals surface area contributed by atoms with Gasteiger partial charge in [0, 0.05) is 15.1 Å². The summed E-state index contributed by atoms with van der Waals surface area (Å²) in [6.07, 6.45) is 1.60. The van der Waals surface area contributed by atoms with Crippen LogP contribution in [-0.2, 0) is 4.74 Å². The van der Waals surface area contributed by atoms with Gasteiger partial charge in [-0.15, -0.1) is 0 Å². The first-order valence-electron chi connectivity index (χ1n) is 4.94. The molecule has 6 nitrogen and oxygen atoms in total. The molecule has 18 heavy (non-hydrogen) atoms. The number of nitrogens with zero attached hydrogens (tertiary/aromatic N) is 3. The second-order valence-electron chi connectivity index (χ2n) is 3.13. The van der Waals surface area contributed by atoms with Gasteiger partial charge in [0.15, 0.2) is 0 Å². The van der Waals surface area contributed by atoms with Crippen molar-refractivity contribution in [2.45, 2.75) is 6.92 Å². The van der Waals surface area contributed by atoms with Crippen LogP contribution in [0.5, 0.6) is 0 Å². The fourth-order valence-corrected chi connectivity index (χ4v) is 2.34. The van der Waals surface area contributed by atoms with Crippen LogP contribution < -0.4 is 0 Å². The zero-order valence-electron chi connectivity index (χ0n) is 9.18. The molecule has 0 aliphatic rings. The lowest BCUT2D eigenvalue weighted by Gasteiger charge is -1.97. The first-order chi connectivity index (χ1) is 8.61. The molecule has 0 radical (unpaired) electrons. The fourth-order valence-electron chi connectivity index (χ4n) is 1.17. The summed E-state index contributed by atoms with van der Waals surface area (Å²) in [4.78, 5) is 19.4. The zero-order valence-corrected chi connectivity index (χ0v) is 12.4. The van der Waals surface area contributed by atoms with Crippen LogP contribution in [0, 0.1) is 0 Å². The third-order valence-electron chi connectivity index (χ3n) is 1.90. The molecule has 0 unspecified atom stereocenters. The standard InChI is InChI=1S/C10H7Br2N3O3/c1-2-17-10(16)9-14-8(15-18-9)7-6(12)3-5(11)4-13-7/h3-4H,2H2,1H3. The Kier molecular flexibility index (Phi) is 4.07. The molecule has 0 spiro atoms. The largest absolute Gasteiger partial charge is 0.459 e. The highest BCUT2D eigenvalue weighted by Crippen LogP contribution is 2.26. The van der Waals surface area contributed by atoms with Crippen molar-refractivity contribution < 1.29 is 14.1 Å². The molecule has 2 rings (SSSR count). The van der Waals surface area contributed by atoms with E-state index in [1.54, 1.807) is 19.2 Å². The molecule has 0 fully saturated rings. The van der Waals surface area contributed by atoms with Gasteiger partial charge in [0.2, 0.25) is 5.82 Å². The van der Waals surface area contributed by atoms with Gasteiger partial charge < -0.3 is 9.26 Å². The van der Waals surface area contributed by atoms with Crippen molar-refractivity contribution >= 4 is 37.8 Å². The summed E-state index contributed by atoms with van der Waals surface area (Å²) >= 11 is 6.62. The second kappa shape index (κ2) is 5.57. The van der Waals surface area contributed by atoms with Gasteiger partial charge in [-0.05, 0) is 44.8 Å². The highest BCUT2D eigenvalue weighted by atomic mass is 79.9. The molecule has 0 aromatic carbocycles. The van der Waals surface area contributed by atoms with Crippen LogP contribution in [-0.4, -0.2) is 27.7 Å². The molecular weight excluding hydrogens is 370 g/mol. The third-order valence-corrected chi connectivity index (χ3v) is 2.93. The summed E-state index contributed by atoms with van der Waals surface area (Å²) in [6, 6.07) is 1.79. The van der Waals surface area contributed by atoms with Crippen LogP contribution in [0.3, 0.4) is 0 Å². The Morgan fingerprint density at radius 3 is 2.94 bits per heavy atom. The van der Waals surface area contributed by atoms with E-state index in [4.69, 9.17) is 9.26 Å². The van der Waals surface area contributed by atoms with Crippen LogP contribution in [0.15, 0.2) is 25.7 Å². The Bertz CT molecular complexity index is 585. The highest BCUT2D eigenvalue weighted by molar-refractivity contribution is 9.11. The predicted molar refractivity (Wildman–Crippen MR) is 68.9 cm³/mol. The summed E-state index contributed by atoms with van der Waals surface area (Å²) in [6.45, 7) is 1.94. The van der Waals surface area contributed by atoms with E-state index in [9.17, 15) is 4.79 Å². The van der Waals surface area contributed by atoms with Crippen molar-refractivity contribution in [3.05, 3.63) is 27.1 Å². The number of ether oxygens (including phenoxy) is 1. The Morgan fingerprint density at radius 1 is 1.50 bits per heavy atom. The minimum Gasteiger partial charge on any atom is -0.459 e. The molecule has 0 bridgehead atoms. The Labute approximate surface area is 119 Å². The van der Waals surface area contributed by atoms with E-state index in [2.05, 4.69) is 47.0 Å². The van der Waals surface area contributed by atoms with Crippen molar-refractivity contribution in [3.63, 3.8) is 0 Å². The van der Waals surface area contributed by atoms with E-state index >= 15 is 0 Å². The molecule has 0 saturated heterocycles. The van der Waals surface area contributed by atoms with E-state index in [0.717, 1.165) is 4.47 Å². The van der Waals surface area contributed by atoms with Crippen molar-refractivity contribution in [2.75, 3.05) is 6.61 Å².